The molecule has 0 radical (unpaired) electrons. The zero-order chi connectivity index (χ0) is 32.8. The molecule has 7 rings (SSSR count). The van der Waals surface area contributed by atoms with E-state index in [1.807, 2.05) is 0 Å². The molecule has 0 aromatic carbocycles. The van der Waals surface area contributed by atoms with Crippen LogP contribution in [0.4, 0.5) is 19.0 Å². The van der Waals surface area contributed by atoms with Crippen molar-refractivity contribution in [3.05, 3.63) is 6.33 Å². The summed E-state index contributed by atoms with van der Waals surface area (Å²) in [7, 11) is 0. The third kappa shape index (κ3) is 5.53. The molecule has 3 fully saturated rings. The van der Waals surface area contributed by atoms with Crippen LogP contribution in [-0.4, -0.2) is 119 Å². The van der Waals surface area contributed by atoms with E-state index in [4.69, 9.17) is 45.8 Å². The Balaban J connectivity index is 1.19. The van der Waals surface area contributed by atoms with Gasteiger partial charge in [0.15, 0.2) is 29.1 Å². The molecule has 3 saturated heterocycles. The summed E-state index contributed by atoms with van der Waals surface area (Å²) in [6.45, 7) is -10.8. The van der Waals surface area contributed by atoms with Crippen molar-refractivity contribution in [1.29, 1.82) is 5.41 Å². The second kappa shape index (κ2) is 11.4. The van der Waals surface area contributed by atoms with Crippen molar-refractivity contribution in [1.82, 2.24) is 35.2 Å². The van der Waals surface area contributed by atoms with Gasteiger partial charge in [0.05, 0.1) is 24.8 Å². The molecule has 5 N–H and O–H groups in total. The monoisotopic (exact) mass is 745 g/mol. The lowest BCUT2D eigenvalue weighted by Crippen LogP contribution is -2.52. The summed E-state index contributed by atoms with van der Waals surface area (Å²) in [6.07, 6.45) is -7.90. The number of nitrogen functional groups attached to an aromatic ring is 1. The van der Waals surface area contributed by atoms with Crippen molar-refractivity contribution in [3.63, 3.8) is 0 Å². The van der Waals surface area contributed by atoms with Crippen LogP contribution >= 0.6 is 37.5 Å². The molecule has 1 amide bonds. The van der Waals surface area contributed by atoms with E-state index >= 15 is 13.2 Å². The number of hydrogen-bond donors (Lipinski definition) is 5. The number of aliphatic imine (C=N–C) groups is 2. The molecule has 46 heavy (non-hydrogen) atoms. The molecule has 10 atom stereocenters. The van der Waals surface area contributed by atoms with E-state index in [1.165, 1.54) is 11.2 Å². The van der Waals surface area contributed by atoms with Gasteiger partial charge >= 0.3 is 19.4 Å². The van der Waals surface area contributed by atoms with E-state index in [-0.39, 0.29) is 22.8 Å². The number of aromatic nitrogens is 5. The third-order valence-corrected chi connectivity index (χ3v) is 11.9. The van der Waals surface area contributed by atoms with Gasteiger partial charge in [0, 0.05) is 0 Å². The van der Waals surface area contributed by atoms with Crippen LogP contribution in [0.2, 0.25) is 0 Å². The predicted octanol–water partition coefficient (Wildman–Crippen LogP) is 0.363. The molecule has 3 unspecified atom stereocenters. The van der Waals surface area contributed by atoms with E-state index in [9.17, 15) is 14.3 Å². The Labute approximate surface area is 269 Å². The number of carbonyl (C=O) groups is 1. The molecule has 2 bridgehead atoms. The lowest BCUT2D eigenvalue weighted by molar-refractivity contribution is -0.140. The van der Waals surface area contributed by atoms with Crippen molar-refractivity contribution >= 4 is 90.4 Å². The molecule has 0 spiro atoms. The number of thioether (sulfide) groups is 1. The summed E-state index contributed by atoms with van der Waals surface area (Å²) in [5.74, 6) is -5.32. The minimum atomic E-state index is -4.59. The first-order valence-electron chi connectivity index (χ1n) is 12.9. The van der Waals surface area contributed by atoms with Crippen LogP contribution in [0.15, 0.2) is 16.3 Å². The lowest BCUT2D eigenvalue weighted by Gasteiger charge is -2.31. The number of anilines is 1. The number of hydrogen-bond acceptors (Lipinski definition) is 17. The van der Waals surface area contributed by atoms with Crippen molar-refractivity contribution in [2.45, 2.75) is 53.3 Å². The first-order chi connectivity index (χ1) is 21.6. The number of carbonyl (C=O) groups excluding carboxylic acids is 1. The zero-order valence-electron chi connectivity index (χ0n) is 22.4. The molecule has 5 aliphatic heterocycles. The normalized spacial score (nSPS) is 40.9. The number of fused-ring (bicyclic) bond motifs is 5. The Bertz CT molecular complexity index is 1790. The average Bonchev–Trinajstić information content (AvgIpc) is 3.71. The van der Waals surface area contributed by atoms with Gasteiger partial charge in [-0.25, -0.2) is 18.9 Å². The van der Waals surface area contributed by atoms with E-state index in [0.29, 0.717) is 4.68 Å². The number of amides is 1. The quantitative estimate of drug-likeness (QED) is 0.206. The number of guanidine groups is 1. The minimum absolute atomic E-state index is 0.0246. The molecule has 248 valence electrons. The van der Waals surface area contributed by atoms with E-state index < -0.39 is 91.9 Å². The second-order valence-corrected chi connectivity index (χ2v) is 17.2. The minimum Gasteiger partial charge on any atom is -0.382 e. The number of nitrogens with zero attached hydrogens (tertiary/aromatic N) is 8. The van der Waals surface area contributed by atoms with E-state index in [2.05, 4.69) is 47.8 Å². The maximum atomic E-state index is 16.0. The fourth-order valence-electron chi connectivity index (χ4n) is 5.23. The van der Waals surface area contributed by atoms with Crippen LogP contribution in [0.5, 0.6) is 0 Å². The van der Waals surface area contributed by atoms with Crippen LogP contribution in [0.3, 0.4) is 0 Å². The molecular formula is C19H20F3N11O8P2S3. The van der Waals surface area contributed by atoms with Gasteiger partial charge in [-0.1, -0.05) is 17.5 Å². The maximum absolute atomic E-state index is 16.0. The number of halogens is 3. The molecule has 19 nitrogen and oxygen atoms in total. The molecule has 2 aromatic heterocycles. The zero-order valence-corrected chi connectivity index (χ0v) is 26.8. The average molecular weight is 746 g/mol. The second-order valence-electron chi connectivity index (χ2n) is 10.2. The molecule has 0 saturated carbocycles. The Hall–Kier alpha value is -2.31. The SMILES string of the molecule is N=C1N=C2C(N=CN2[C@@H]2S[C@@H]3COP(O)(=S)O[C@@H]4[C@@H](COP(=O)(S)O[C@@H]2[C@H]3F)O[C@@H](n2nnc3c(N)ncnc32)C4(F)F)C(=O)N1. The molecule has 0 aliphatic carbocycles. The largest absolute Gasteiger partial charge is 0.386 e. The van der Waals surface area contributed by atoms with Crippen molar-refractivity contribution < 1.29 is 50.3 Å². The predicted molar refractivity (Wildman–Crippen MR) is 159 cm³/mol. The summed E-state index contributed by atoms with van der Waals surface area (Å²) in [5.41, 5.74) is 5.43. The number of nitrogens with two attached hydrogens (primary N) is 1. The highest BCUT2D eigenvalue weighted by atomic mass is 32.7. The Morgan fingerprint density at radius 3 is 2.85 bits per heavy atom. The standard InChI is InChI=1S/C19H20F3N11O8P2S3/c20-7-6-2-38-43(36,45)41-11-5(39-17(19(11,21)22)33-13-8(30-31-33)12(23)25-3-26-13)1-37-42(35,44)40-10(7)16(46-6)32-4-27-9-14(32)28-18(24)29-15(9)34/h3-7,9-11,16-17H,1-2H2,(H,35,44)(H,36,45)(H2,23,25,26)(H2,24,29,34)/t5-,6-,7+,9?,10-,11-,16-,17-,42?,43?/m1/s1. The highest BCUT2D eigenvalue weighted by Crippen LogP contribution is 2.60. The van der Waals surface area contributed by atoms with Crippen LogP contribution in [0, 0.1) is 5.41 Å². The highest BCUT2D eigenvalue weighted by molar-refractivity contribution is 8.44. The van der Waals surface area contributed by atoms with Gasteiger partial charge in [-0.15, -0.1) is 16.9 Å². The van der Waals surface area contributed by atoms with Gasteiger partial charge in [0.25, 0.3) is 5.91 Å². The first kappa shape index (κ1) is 32.2. The maximum Gasteiger partial charge on any atom is 0.386 e. The van der Waals surface area contributed by atoms with E-state index in [1.54, 1.807) is 0 Å². The number of amidine groups is 1. The van der Waals surface area contributed by atoms with Crippen molar-refractivity contribution in [2.75, 3.05) is 18.9 Å². The van der Waals surface area contributed by atoms with Crippen molar-refractivity contribution in [3.8, 4) is 0 Å². The third-order valence-electron chi connectivity index (χ3n) is 7.27. The molecule has 27 heteroatoms. The lowest BCUT2D eigenvalue weighted by atomic mass is 10.1. The summed E-state index contributed by atoms with van der Waals surface area (Å²) < 4.78 is 89.0. The smallest absolute Gasteiger partial charge is 0.382 e. The molecule has 5 aliphatic rings. The van der Waals surface area contributed by atoms with Crippen LogP contribution in [0.1, 0.15) is 6.23 Å². The van der Waals surface area contributed by atoms with Gasteiger partial charge in [0.1, 0.15) is 35.9 Å². The number of thiol groups is 1. The van der Waals surface area contributed by atoms with Crippen molar-refractivity contribution in [2.24, 2.45) is 9.98 Å². The van der Waals surface area contributed by atoms with Crippen LogP contribution < -0.4 is 11.1 Å². The summed E-state index contributed by atoms with van der Waals surface area (Å²) in [5, 5.41) is 15.0. The summed E-state index contributed by atoms with van der Waals surface area (Å²) in [6, 6.07) is -1.14. The number of ether oxygens (including phenoxy) is 1. The Morgan fingerprint density at radius 1 is 1.28 bits per heavy atom. The fraction of sp³-hybridized carbons (Fsp3) is 0.579. The van der Waals surface area contributed by atoms with E-state index in [0.717, 1.165) is 18.1 Å². The van der Waals surface area contributed by atoms with Gasteiger partial charge in [0.2, 0.25) is 12.2 Å². The highest BCUT2D eigenvalue weighted by Gasteiger charge is 2.64. The molecular weight excluding hydrogens is 725 g/mol. The summed E-state index contributed by atoms with van der Waals surface area (Å²) in [4.78, 5) is 40.1. The Morgan fingerprint density at radius 2 is 2.07 bits per heavy atom. The Kier molecular flexibility index (Phi) is 7.99. The number of alkyl halides is 3. The van der Waals surface area contributed by atoms with Gasteiger partial charge < -0.3 is 24.8 Å². The van der Waals surface area contributed by atoms with Gasteiger partial charge in [-0.05, 0) is 11.8 Å². The fourth-order valence-corrected chi connectivity index (χ4v) is 9.78. The van der Waals surface area contributed by atoms with Gasteiger partial charge in [-0.2, -0.15) is 18.5 Å². The summed E-state index contributed by atoms with van der Waals surface area (Å²) >= 11 is 9.81. The molecule has 2 aromatic rings. The topological polar surface area (TPSA) is 247 Å². The number of rotatable bonds is 2. The van der Waals surface area contributed by atoms with Crippen LogP contribution in [-0.2, 0) is 44.0 Å². The molecule has 7 heterocycles. The van der Waals surface area contributed by atoms with Gasteiger partial charge in [-0.3, -0.25) is 34.1 Å². The number of nitrogens with one attached hydrogen (secondary N) is 2. The first-order valence-corrected chi connectivity index (χ1v) is 19.1. The van der Waals surface area contributed by atoms with Crippen LogP contribution in [0.25, 0.3) is 11.2 Å².